The number of hydrazine groups is 1. The van der Waals surface area contributed by atoms with Gasteiger partial charge in [0.2, 0.25) is 5.91 Å². The molecule has 0 aromatic carbocycles. The Morgan fingerprint density at radius 1 is 1.62 bits per heavy atom. The van der Waals surface area contributed by atoms with E-state index in [1.165, 1.54) is 5.01 Å². The zero-order valence-electron chi connectivity index (χ0n) is 7.96. The highest BCUT2D eigenvalue weighted by Crippen LogP contribution is 1.97. The van der Waals surface area contributed by atoms with Gasteiger partial charge < -0.3 is 5.32 Å². The van der Waals surface area contributed by atoms with Crippen molar-refractivity contribution < 1.29 is 9.59 Å². The number of hydrogen-bond donors (Lipinski definition) is 2. The van der Waals surface area contributed by atoms with E-state index >= 15 is 0 Å². The Labute approximate surface area is 77.4 Å². The van der Waals surface area contributed by atoms with Gasteiger partial charge in [-0.05, 0) is 6.42 Å². The Bertz CT molecular complexity index is 215. The Balaban J connectivity index is 2.43. The van der Waals surface area contributed by atoms with E-state index in [2.05, 4.69) is 10.7 Å². The summed E-state index contributed by atoms with van der Waals surface area (Å²) in [6, 6.07) is -0.222. The summed E-state index contributed by atoms with van der Waals surface area (Å²) in [5, 5.41) is 3.97. The molecule has 5 heteroatoms. The van der Waals surface area contributed by atoms with Gasteiger partial charge in [0, 0.05) is 19.0 Å². The van der Waals surface area contributed by atoms with Crippen molar-refractivity contribution >= 4 is 11.9 Å². The minimum absolute atomic E-state index is 0.102. The lowest BCUT2D eigenvalue weighted by molar-refractivity contribution is -0.128. The van der Waals surface area contributed by atoms with Crippen molar-refractivity contribution in [1.82, 2.24) is 15.8 Å². The zero-order chi connectivity index (χ0) is 9.84. The molecule has 1 saturated heterocycles. The van der Waals surface area contributed by atoms with Crippen LogP contribution in [0.4, 0.5) is 4.79 Å². The van der Waals surface area contributed by atoms with Crippen molar-refractivity contribution in [3.05, 3.63) is 0 Å². The normalized spacial score (nSPS) is 17.2. The summed E-state index contributed by atoms with van der Waals surface area (Å²) in [5.41, 5.74) is 2.55. The number of nitrogens with zero attached hydrogens (tertiary/aromatic N) is 1. The van der Waals surface area contributed by atoms with E-state index in [-0.39, 0.29) is 17.9 Å². The van der Waals surface area contributed by atoms with Gasteiger partial charge in [-0.15, -0.1) is 0 Å². The quantitative estimate of drug-likeness (QED) is 0.640. The number of amides is 3. The monoisotopic (exact) mass is 185 g/mol. The van der Waals surface area contributed by atoms with E-state index in [1.807, 2.05) is 0 Å². The molecule has 2 N–H and O–H groups in total. The summed E-state index contributed by atoms with van der Waals surface area (Å²) in [6.07, 6.45) is 0.865. The highest BCUT2D eigenvalue weighted by Gasteiger charge is 2.20. The van der Waals surface area contributed by atoms with Crippen molar-refractivity contribution in [2.75, 3.05) is 13.1 Å². The molecule has 1 aliphatic rings. The van der Waals surface area contributed by atoms with E-state index < -0.39 is 0 Å². The first kappa shape index (κ1) is 9.83. The van der Waals surface area contributed by atoms with Crippen molar-refractivity contribution in [3.63, 3.8) is 0 Å². The molecule has 0 spiro atoms. The van der Waals surface area contributed by atoms with Crippen LogP contribution in [0, 0.1) is 5.92 Å². The van der Waals surface area contributed by atoms with Crippen LogP contribution in [0.3, 0.4) is 0 Å². The standard InChI is InChI=1S/C8H15N3O2/c1-6(2)7(12)10-11-5-3-4-9-8(11)13/h6H,3-5H2,1-2H3,(H,9,13)(H,10,12). The fraction of sp³-hybridized carbons (Fsp3) is 0.750. The van der Waals surface area contributed by atoms with Gasteiger partial charge in [-0.25, -0.2) is 9.80 Å². The van der Waals surface area contributed by atoms with Crippen LogP contribution in [0.15, 0.2) is 0 Å². The van der Waals surface area contributed by atoms with Crippen LogP contribution in [0.2, 0.25) is 0 Å². The number of carbonyl (C=O) groups is 2. The van der Waals surface area contributed by atoms with Crippen molar-refractivity contribution in [1.29, 1.82) is 0 Å². The maximum Gasteiger partial charge on any atom is 0.336 e. The van der Waals surface area contributed by atoms with Crippen LogP contribution in [0.25, 0.3) is 0 Å². The van der Waals surface area contributed by atoms with Gasteiger partial charge in [0.25, 0.3) is 0 Å². The number of rotatable bonds is 2. The van der Waals surface area contributed by atoms with Crippen LogP contribution in [0.5, 0.6) is 0 Å². The minimum atomic E-state index is -0.222. The molecule has 0 bridgehead atoms. The van der Waals surface area contributed by atoms with Gasteiger partial charge in [0.15, 0.2) is 0 Å². The molecule has 1 aliphatic heterocycles. The number of nitrogens with one attached hydrogen (secondary N) is 2. The molecule has 0 atom stereocenters. The third-order valence-electron chi connectivity index (χ3n) is 1.85. The van der Waals surface area contributed by atoms with Crippen molar-refractivity contribution in [2.24, 2.45) is 5.92 Å². The largest absolute Gasteiger partial charge is 0.336 e. The Morgan fingerprint density at radius 2 is 2.31 bits per heavy atom. The Hall–Kier alpha value is -1.26. The van der Waals surface area contributed by atoms with Gasteiger partial charge in [-0.1, -0.05) is 13.8 Å². The van der Waals surface area contributed by atoms with Crippen LogP contribution < -0.4 is 10.7 Å². The summed E-state index contributed by atoms with van der Waals surface area (Å²) in [4.78, 5) is 22.4. The fourth-order valence-electron chi connectivity index (χ4n) is 0.998. The summed E-state index contributed by atoms with van der Waals surface area (Å²) < 4.78 is 0. The van der Waals surface area contributed by atoms with Gasteiger partial charge >= 0.3 is 6.03 Å². The third kappa shape index (κ3) is 2.61. The number of urea groups is 1. The van der Waals surface area contributed by atoms with Gasteiger partial charge in [0.1, 0.15) is 0 Å². The Kier molecular flexibility index (Phi) is 3.11. The zero-order valence-corrected chi connectivity index (χ0v) is 7.96. The first-order valence-electron chi connectivity index (χ1n) is 4.47. The van der Waals surface area contributed by atoms with Crippen molar-refractivity contribution in [3.8, 4) is 0 Å². The van der Waals surface area contributed by atoms with Crippen LogP contribution in [-0.4, -0.2) is 30.0 Å². The maximum absolute atomic E-state index is 11.2. The molecule has 13 heavy (non-hydrogen) atoms. The molecule has 0 aromatic rings. The number of carbonyl (C=O) groups excluding carboxylic acids is 2. The molecular weight excluding hydrogens is 170 g/mol. The molecule has 0 saturated carbocycles. The predicted octanol–water partition coefficient (Wildman–Crippen LogP) is 0.0889. The lowest BCUT2D eigenvalue weighted by atomic mass is 10.2. The molecule has 0 radical (unpaired) electrons. The maximum atomic E-state index is 11.2. The van der Waals surface area contributed by atoms with Crippen LogP contribution in [-0.2, 0) is 4.79 Å². The van der Waals surface area contributed by atoms with Gasteiger partial charge in [-0.3, -0.25) is 10.2 Å². The second kappa shape index (κ2) is 4.11. The average Bonchev–Trinajstić information content (AvgIpc) is 2.08. The van der Waals surface area contributed by atoms with E-state index in [0.29, 0.717) is 13.1 Å². The van der Waals surface area contributed by atoms with Gasteiger partial charge in [-0.2, -0.15) is 0 Å². The van der Waals surface area contributed by atoms with E-state index in [4.69, 9.17) is 0 Å². The second-order valence-corrected chi connectivity index (χ2v) is 3.37. The molecule has 0 unspecified atom stereocenters. The molecule has 3 amide bonds. The van der Waals surface area contributed by atoms with Crippen LogP contribution >= 0.6 is 0 Å². The highest BCUT2D eigenvalue weighted by molar-refractivity contribution is 5.82. The average molecular weight is 185 g/mol. The minimum Gasteiger partial charge on any atom is -0.336 e. The molecule has 1 fully saturated rings. The molecule has 0 aliphatic carbocycles. The van der Waals surface area contributed by atoms with E-state index in [9.17, 15) is 9.59 Å². The summed E-state index contributed by atoms with van der Waals surface area (Å²) >= 11 is 0. The molecule has 5 nitrogen and oxygen atoms in total. The van der Waals surface area contributed by atoms with Crippen LogP contribution in [0.1, 0.15) is 20.3 Å². The summed E-state index contributed by atoms with van der Waals surface area (Å²) in [6.45, 7) is 4.85. The first-order chi connectivity index (χ1) is 6.11. The smallest absolute Gasteiger partial charge is 0.336 e. The predicted molar refractivity (Wildman–Crippen MR) is 47.7 cm³/mol. The SMILES string of the molecule is CC(C)C(=O)NN1CCCNC1=O. The van der Waals surface area contributed by atoms with E-state index in [0.717, 1.165) is 6.42 Å². The summed E-state index contributed by atoms with van der Waals surface area (Å²) in [5.74, 6) is -0.230. The topological polar surface area (TPSA) is 61.4 Å². The van der Waals surface area contributed by atoms with Crippen molar-refractivity contribution in [2.45, 2.75) is 20.3 Å². The lowest BCUT2D eigenvalue weighted by Crippen LogP contribution is -2.55. The fourth-order valence-corrected chi connectivity index (χ4v) is 0.998. The molecule has 1 rings (SSSR count). The first-order valence-corrected chi connectivity index (χ1v) is 4.47. The molecule has 74 valence electrons. The molecular formula is C8H15N3O2. The summed E-state index contributed by atoms with van der Waals surface area (Å²) in [7, 11) is 0. The highest BCUT2D eigenvalue weighted by atomic mass is 16.2. The Morgan fingerprint density at radius 3 is 2.85 bits per heavy atom. The van der Waals surface area contributed by atoms with Gasteiger partial charge in [0.05, 0.1) is 0 Å². The lowest BCUT2D eigenvalue weighted by Gasteiger charge is -2.28. The molecule has 0 aromatic heterocycles. The molecule has 1 heterocycles. The second-order valence-electron chi connectivity index (χ2n) is 3.37. The van der Waals surface area contributed by atoms with E-state index in [1.54, 1.807) is 13.8 Å². The third-order valence-corrected chi connectivity index (χ3v) is 1.85. The number of hydrogen-bond acceptors (Lipinski definition) is 2.